The summed E-state index contributed by atoms with van der Waals surface area (Å²) < 4.78 is 1.84. The number of rotatable bonds is 5. The standard InChI is InChI=1S/C21H25N5O/c1-3-11-25(18-9-10-22-14-18)21(27)16-12-19-15(2)24-26(20(19)23-13-16)17-7-5-4-6-8-17/h4-8,12-13,18,22H,3,9-11,14H2,1-2H3. The van der Waals surface area contributed by atoms with Crippen LogP contribution in [-0.4, -0.2) is 51.2 Å². The van der Waals surface area contributed by atoms with Gasteiger partial charge in [0.05, 0.1) is 16.9 Å². The summed E-state index contributed by atoms with van der Waals surface area (Å²) in [5.74, 6) is 0.0619. The Kier molecular flexibility index (Phi) is 4.90. The maximum atomic E-state index is 13.2. The van der Waals surface area contributed by atoms with Crippen molar-refractivity contribution in [1.82, 2.24) is 25.0 Å². The van der Waals surface area contributed by atoms with Gasteiger partial charge < -0.3 is 10.2 Å². The molecule has 0 spiro atoms. The van der Waals surface area contributed by atoms with Gasteiger partial charge in [-0.3, -0.25) is 4.79 Å². The molecule has 0 bridgehead atoms. The first-order chi connectivity index (χ1) is 13.2. The maximum absolute atomic E-state index is 13.2. The minimum absolute atomic E-state index is 0.0619. The van der Waals surface area contributed by atoms with E-state index in [1.165, 1.54) is 0 Å². The van der Waals surface area contributed by atoms with Crippen LogP contribution < -0.4 is 5.32 Å². The number of hydrogen-bond donors (Lipinski definition) is 1. The zero-order valence-electron chi connectivity index (χ0n) is 15.9. The van der Waals surface area contributed by atoms with Crippen molar-refractivity contribution in [2.75, 3.05) is 19.6 Å². The summed E-state index contributed by atoms with van der Waals surface area (Å²) >= 11 is 0. The van der Waals surface area contributed by atoms with E-state index in [-0.39, 0.29) is 11.9 Å². The molecular formula is C21H25N5O. The molecule has 1 amide bonds. The van der Waals surface area contributed by atoms with Gasteiger partial charge in [0.25, 0.3) is 5.91 Å². The molecule has 1 aliphatic rings. The second-order valence-electron chi connectivity index (χ2n) is 7.07. The van der Waals surface area contributed by atoms with Crippen molar-refractivity contribution in [1.29, 1.82) is 0 Å². The van der Waals surface area contributed by atoms with Gasteiger partial charge in [-0.2, -0.15) is 5.10 Å². The Labute approximate surface area is 159 Å². The molecule has 1 aliphatic heterocycles. The van der Waals surface area contributed by atoms with Crippen LogP contribution in [0, 0.1) is 6.92 Å². The SMILES string of the molecule is CCCN(C(=O)c1cnc2c(c1)c(C)nn2-c1ccccc1)C1CCNC1. The number of benzene rings is 1. The highest BCUT2D eigenvalue weighted by Crippen LogP contribution is 2.22. The first-order valence-corrected chi connectivity index (χ1v) is 9.61. The van der Waals surface area contributed by atoms with Crippen LogP contribution in [0.2, 0.25) is 0 Å². The molecule has 0 radical (unpaired) electrons. The molecule has 1 atom stereocenters. The smallest absolute Gasteiger partial charge is 0.255 e. The predicted molar refractivity (Wildman–Crippen MR) is 106 cm³/mol. The van der Waals surface area contributed by atoms with E-state index in [1.807, 2.05) is 52.9 Å². The van der Waals surface area contributed by atoms with E-state index in [1.54, 1.807) is 6.20 Å². The average Bonchev–Trinajstić information content (AvgIpc) is 3.34. The number of amides is 1. The lowest BCUT2D eigenvalue weighted by Crippen LogP contribution is -2.42. The fourth-order valence-electron chi connectivity index (χ4n) is 3.77. The monoisotopic (exact) mass is 363 g/mol. The summed E-state index contributed by atoms with van der Waals surface area (Å²) in [6, 6.07) is 12.2. The number of nitrogens with zero attached hydrogens (tertiary/aromatic N) is 4. The normalized spacial score (nSPS) is 16.7. The van der Waals surface area contributed by atoms with Gasteiger partial charge in [0, 0.05) is 30.7 Å². The third-order valence-electron chi connectivity index (χ3n) is 5.16. The number of nitrogens with one attached hydrogen (secondary N) is 1. The van der Waals surface area contributed by atoms with Crippen molar-refractivity contribution in [3.8, 4) is 5.69 Å². The average molecular weight is 363 g/mol. The molecule has 1 N–H and O–H groups in total. The Morgan fingerprint density at radius 3 is 2.85 bits per heavy atom. The van der Waals surface area contributed by atoms with Crippen LogP contribution in [-0.2, 0) is 0 Å². The van der Waals surface area contributed by atoms with E-state index in [9.17, 15) is 4.79 Å². The number of hydrogen-bond acceptors (Lipinski definition) is 4. The number of aromatic nitrogens is 3. The Balaban J connectivity index is 1.71. The highest BCUT2D eigenvalue weighted by molar-refractivity contribution is 5.97. The second-order valence-corrected chi connectivity index (χ2v) is 7.07. The number of fused-ring (bicyclic) bond motifs is 1. The van der Waals surface area contributed by atoms with Gasteiger partial charge >= 0.3 is 0 Å². The minimum atomic E-state index is 0.0619. The quantitative estimate of drug-likeness (QED) is 0.757. The van der Waals surface area contributed by atoms with Crippen LogP contribution in [0.1, 0.15) is 35.8 Å². The number of aryl methyl sites for hydroxylation is 1. The molecule has 4 rings (SSSR count). The Hall–Kier alpha value is -2.73. The Morgan fingerprint density at radius 2 is 2.15 bits per heavy atom. The van der Waals surface area contributed by atoms with E-state index in [2.05, 4.69) is 22.3 Å². The molecule has 2 aromatic heterocycles. The van der Waals surface area contributed by atoms with Gasteiger partial charge in [-0.1, -0.05) is 25.1 Å². The summed E-state index contributed by atoms with van der Waals surface area (Å²) in [5, 5.41) is 8.92. The first-order valence-electron chi connectivity index (χ1n) is 9.61. The molecule has 1 fully saturated rings. The summed E-state index contributed by atoms with van der Waals surface area (Å²) in [6.45, 7) is 6.68. The van der Waals surface area contributed by atoms with Crippen LogP contribution in [0.15, 0.2) is 42.6 Å². The number of carbonyl (C=O) groups excluding carboxylic acids is 1. The van der Waals surface area contributed by atoms with E-state index in [4.69, 9.17) is 0 Å². The third-order valence-corrected chi connectivity index (χ3v) is 5.16. The van der Waals surface area contributed by atoms with Gasteiger partial charge in [-0.15, -0.1) is 0 Å². The van der Waals surface area contributed by atoms with Gasteiger partial charge in [-0.05, 0) is 44.5 Å². The molecule has 1 saturated heterocycles. The zero-order chi connectivity index (χ0) is 18.8. The maximum Gasteiger partial charge on any atom is 0.255 e. The summed E-state index contributed by atoms with van der Waals surface area (Å²) in [4.78, 5) is 19.8. The fraction of sp³-hybridized carbons (Fsp3) is 0.381. The molecule has 0 aliphatic carbocycles. The van der Waals surface area contributed by atoms with Gasteiger partial charge in [0.15, 0.2) is 5.65 Å². The predicted octanol–water partition coefficient (Wildman–Crippen LogP) is 2.94. The zero-order valence-corrected chi connectivity index (χ0v) is 15.9. The lowest BCUT2D eigenvalue weighted by molar-refractivity contribution is 0.0692. The topological polar surface area (TPSA) is 63.1 Å². The number of para-hydroxylation sites is 1. The third kappa shape index (κ3) is 3.32. The van der Waals surface area contributed by atoms with Gasteiger partial charge in [0.2, 0.25) is 0 Å². The van der Waals surface area contributed by atoms with Gasteiger partial charge in [-0.25, -0.2) is 9.67 Å². The van der Waals surface area contributed by atoms with Crippen LogP contribution in [0.3, 0.4) is 0 Å². The van der Waals surface area contributed by atoms with Crippen molar-refractivity contribution in [2.24, 2.45) is 0 Å². The number of pyridine rings is 1. The van der Waals surface area contributed by atoms with Crippen LogP contribution in [0.5, 0.6) is 0 Å². The molecule has 1 aromatic carbocycles. The summed E-state index contributed by atoms with van der Waals surface area (Å²) in [5.41, 5.74) is 3.26. The largest absolute Gasteiger partial charge is 0.334 e. The molecule has 6 nitrogen and oxygen atoms in total. The Morgan fingerprint density at radius 1 is 1.33 bits per heavy atom. The van der Waals surface area contributed by atoms with Crippen LogP contribution in [0.25, 0.3) is 16.7 Å². The van der Waals surface area contributed by atoms with E-state index >= 15 is 0 Å². The van der Waals surface area contributed by atoms with Crippen molar-refractivity contribution < 1.29 is 4.79 Å². The van der Waals surface area contributed by atoms with Crippen molar-refractivity contribution in [2.45, 2.75) is 32.7 Å². The second kappa shape index (κ2) is 7.48. The van der Waals surface area contributed by atoms with Crippen molar-refractivity contribution in [3.05, 3.63) is 53.9 Å². The lowest BCUT2D eigenvalue weighted by atomic mass is 10.1. The Bertz CT molecular complexity index is 944. The first kappa shape index (κ1) is 17.7. The molecule has 27 heavy (non-hydrogen) atoms. The summed E-state index contributed by atoms with van der Waals surface area (Å²) in [6.07, 6.45) is 3.64. The highest BCUT2D eigenvalue weighted by Gasteiger charge is 2.27. The van der Waals surface area contributed by atoms with Gasteiger partial charge in [0.1, 0.15) is 0 Å². The van der Waals surface area contributed by atoms with E-state index < -0.39 is 0 Å². The number of carbonyl (C=O) groups is 1. The molecule has 3 heterocycles. The van der Waals surface area contributed by atoms with E-state index in [0.717, 1.165) is 54.9 Å². The molecule has 1 unspecified atom stereocenters. The van der Waals surface area contributed by atoms with Crippen molar-refractivity contribution >= 4 is 16.9 Å². The summed E-state index contributed by atoms with van der Waals surface area (Å²) in [7, 11) is 0. The van der Waals surface area contributed by atoms with Crippen molar-refractivity contribution in [3.63, 3.8) is 0 Å². The lowest BCUT2D eigenvalue weighted by Gasteiger charge is -2.28. The van der Waals surface area contributed by atoms with E-state index in [0.29, 0.717) is 5.56 Å². The highest BCUT2D eigenvalue weighted by atomic mass is 16.2. The molecule has 3 aromatic rings. The van der Waals surface area contributed by atoms with Crippen LogP contribution in [0.4, 0.5) is 0 Å². The minimum Gasteiger partial charge on any atom is -0.334 e. The fourth-order valence-corrected chi connectivity index (χ4v) is 3.77. The molecular weight excluding hydrogens is 338 g/mol. The molecule has 6 heteroatoms. The molecule has 0 saturated carbocycles. The van der Waals surface area contributed by atoms with Crippen LogP contribution >= 0.6 is 0 Å². The molecule has 140 valence electrons.